The zero-order chi connectivity index (χ0) is 19.1. The fourth-order valence-corrected chi connectivity index (χ4v) is 2.87. The van der Waals surface area contributed by atoms with E-state index in [0.717, 1.165) is 11.8 Å². The maximum Gasteiger partial charge on any atom is 0.277 e. The molecule has 1 amide bonds. The van der Waals surface area contributed by atoms with Crippen molar-refractivity contribution in [1.82, 2.24) is 10.2 Å². The maximum absolute atomic E-state index is 12.0. The van der Waals surface area contributed by atoms with Gasteiger partial charge in [-0.25, -0.2) is 0 Å². The van der Waals surface area contributed by atoms with Crippen LogP contribution in [0.4, 0.5) is 5.69 Å². The number of hydrogen-bond acceptors (Lipinski definition) is 7. The van der Waals surface area contributed by atoms with Crippen LogP contribution in [0.1, 0.15) is 5.89 Å². The van der Waals surface area contributed by atoms with Crippen LogP contribution < -0.4 is 14.8 Å². The number of methoxy groups -OCH3 is 1. The van der Waals surface area contributed by atoms with Crippen LogP contribution in [0, 0.1) is 0 Å². The summed E-state index contributed by atoms with van der Waals surface area (Å²) in [5.74, 6) is 1.38. The van der Waals surface area contributed by atoms with Gasteiger partial charge >= 0.3 is 0 Å². The molecule has 0 fully saturated rings. The van der Waals surface area contributed by atoms with Gasteiger partial charge in [-0.15, -0.1) is 10.2 Å². The molecule has 3 rings (SSSR count). The number of ether oxygens (including phenoxy) is 2. The van der Waals surface area contributed by atoms with E-state index < -0.39 is 0 Å². The molecule has 0 unspecified atom stereocenters. The minimum atomic E-state index is -0.224. The van der Waals surface area contributed by atoms with E-state index in [2.05, 4.69) is 15.5 Å². The van der Waals surface area contributed by atoms with Gasteiger partial charge in [-0.3, -0.25) is 4.79 Å². The van der Waals surface area contributed by atoms with Crippen molar-refractivity contribution in [2.45, 2.75) is 11.8 Å². The second-order valence-electron chi connectivity index (χ2n) is 5.22. The predicted octanol–water partition coefficient (Wildman–Crippen LogP) is 4.04. The molecule has 0 radical (unpaired) electrons. The fourth-order valence-electron chi connectivity index (χ4n) is 2.11. The molecule has 0 aliphatic carbocycles. The standard InChI is InChI=1S/C18H16ClN3O4S/c1-24-14-8-4-5-9-15(14)25-10-17-21-22-18(26-17)27-11-16(23)20-13-7-3-2-6-12(13)19/h2-9H,10-11H2,1H3,(H,20,23). The first-order valence-electron chi connectivity index (χ1n) is 7.91. The van der Waals surface area contributed by atoms with Gasteiger partial charge in [0.05, 0.1) is 23.6 Å². The molecule has 27 heavy (non-hydrogen) atoms. The highest BCUT2D eigenvalue weighted by Gasteiger charge is 2.12. The highest BCUT2D eigenvalue weighted by molar-refractivity contribution is 7.99. The molecule has 9 heteroatoms. The third kappa shape index (κ3) is 5.38. The van der Waals surface area contributed by atoms with E-state index in [1.54, 1.807) is 43.5 Å². The van der Waals surface area contributed by atoms with E-state index in [9.17, 15) is 4.79 Å². The number of carbonyl (C=O) groups excluding carboxylic acids is 1. The van der Waals surface area contributed by atoms with Crippen LogP contribution in [0.3, 0.4) is 0 Å². The Morgan fingerprint density at radius 2 is 1.89 bits per heavy atom. The van der Waals surface area contributed by atoms with Crippen molar-refractivity contribution in [3.8, 4) is 11.5 Å². The van der Waals surface area contributed by atoms with Gasteiger partial charge in [-0.1, -0.05) is 47.6 Å². The molecule has 0 spiro atoms. The lowest BCUT2D eigenvalue weighted by atomic mass is 10.3. The Morgan fingerprint density at radius 3 is 2.67 bits per heavy atom. The number of carbonyl (C=O) groups is 1. The van der Waals surface area contributed by atoms with E-state index >= 15 is 0 Å². The van der Waals surface area contributed by atoms with Gasteiger partial charge in [0.25, 0.3) is 11.1 Å². The molecule has 0 saturated heterocycles. The second-order valence-corrected chi connectivity index (χ2v) is 6.55. The molecule has 7 nitrogen and oxygen atoms in total. The van der Waals surface area contributed by atoms with E-state index in [0.29, 0.717) is 28.1 Å². The number of halogens is 1. The van der Waals surface area contributed by atoms with E-state index in [-0.39, 0.29) is 23.5 Å². The summed E-state index contributed by atoms with van der Waals surface area (Å²) in [7, 11) is 1.57. The number of anilines is 1. The highest BCUT2D eigenvalue weighted by atomic mass is 35.5. The lowest BCUT2D eigenvalue weighted by Gasteiger charge is -2.08. The van der Waals surface area contributed by atoms with Crippen LogP contribution in [0.2, 0.25) is 5.02 Å². The minimum absolute atomic E-state index is 0.0970. The number of hydrogen-bond donors (Lipinski definition) is 1. The Labute approximate surface area is 165 Å². The molecule has 0 bridgehead atoms. The number of thioether (sulfide) groups is 1. The summed E-state index contributed by atoms with van der Waals surface area (Å²) in [6, 6.07) is 14.3. The van der Waals surface area contributed by atoms with Gasteiger partial charge in [0.2, 0.25) is 5.91 Å². The average Bonchev–Trinajstić information content (AvgIpc) is 3.15. The number of rotatable bonds is 8. The lowest BCUT2D eigenvalue weighted by molar-refractivity contribution is -0.113. The number of amides is 1. The zero-order valence-electron chi connectivity index (χ0n) is 14.3. The second kappa shape index (κ2) is 9.29. The summed E-state index contributed by atoms with van der Waals surface area (Å²) >= 11 is 7.14. The van der Waals surface area contributed by atoms with Gasteiger partial charge in [-0.05, 0) is 24.3 Å². The summed E-state index contributed by atoms with van der Waals surface area (Å²) < 4.78 is 16.3. The number of nitrogens with zero attached hydrogens (tertiary/aromatic N) is 2. The maximum atomic E-state index is 12.0. The molecule has 140 valence electrons. The Bertz CT molecular complexity index is 919. The average molecular weight is 406 g/mol. The van der Waals surface area contributed by atoms with Gasteiger partial charge in [-0.2, -0.15) is 0 Å². The summed E-state index contributed by atoms with van der Waals surface area (Å²) in [5.41, 5.74) is 0.557. The van der Waals surface area contributed by atoms with Crippen molar-refractivity contribution in [1.29, 1.82) is 0 Å². The summed E-state index contributed by atoms with van der Waals surface area (Å²) in [6.45, 7) is 0.0970. The largest absolute Gasteiger partial charge is 0.493 e. The first-order valence-corrected chi connectivity index (χ1v) is 9.27. The Morgan fingerprint density at radius 1 is 1.15 bits per heavy atom. The van der Waals surface area contributed by atoms with Gasteiger partial charge in [0, 0.05) is 0 Å². The van der Waals surface area contributed by atoms with Crippen molar-refractivity contribution in [2.24, 2.45) is 0 Å². The first-order chi connectivity index (χ1) is 13.2. The first kappa shape index (κ1) is 19.1. The predicted molar refractivity (Wildman–Crippen MR) is 102 cm³/mol. The molecule has 0 saturated carbocycles. The number of aromatic nitrogens is 2. The number of para-hydroxylation sites is 3. The summed E-state index contributed by atoms with van der Waals surface area (Å²) in [6.07, 6.45) is 0. The smallest absolute Gasteiger partial charge is 0.277 e. The molecule has 0 aliphatic rings. The van der Waals surface area contributed by atoms with Crippen molar-refractivity contribution in [2.75, 3.05) is 18.2 Å². The van der Waals surface area contributed by atoms with Crippen molar-refractivity contribution in [3.05, 3.63) is 59.4 Å². The van der Waals surface area contributed by atoms with Crippen LogP contribution in [0.25, 0.3) is 0 Å². The van der Waals surface area contributed by atoms with Crippen LogP contribution in [0.5, 0.6) is 11.5 Å². The minimum Gasteiger partial charge on any atom is -0.493 e. The van der Waals surface area contributed by atoms with Crippen molar-refractivity contribution in [3.63, 3.8) is 0 Å². The molecule has 3 aromatic rings. The summed E-state index contributed by atoms with van der Waals surface area (Å²) in [5, 5.41) is 11.3. The third-order valence-corrected chi connectivity index (χ3v) is 4.49. The molecule has 1 N–H and O–H groups in total. The van der Waals surface area contributed by atoms with Crippen LogP contribution in [0.15, 0.2) is 58.2 Å². The number of nitrogens with one attached hydrogen (secondary N) is 1. The van der Waals surface area contributed by atoms with Crippen LogP contribution in [-0.2, 0) is 11.4 Å². The van der Waals surface area contributed by atoms with Crippen molar-refractivity contribution >= 4 is 35.0 Å². The third-order valence-electron chi connectivity index (χ3n) is 3.34. The highest BCUT2D eigenvalue weighted by Crippen LogP contribution is 2.27. The van der Waals surface area contributed by atoms with Gasteiger partial charge < -0.3 is 19.2 Å². The normalized spacial score (nSPS) is 10.4. The quantitative estimate of drug-likeness (QED) is 0.566. The fraction of sp³-hybridized carbons (Fsp3) is 0.167. The van der Waals surface area contributed by atoms with Crippen LogP contribution >= 0.6 is 23.4 Å². The molecule has 1 aromatic heterocycles. The summed E-state index contributed by atoms with van der Waals surface area (Å²) in [4.78, 5) is 12.0. The van der Waals surface area contributed by atoms with Crippen molar-refractivity contribution < 1.29 is 18.7 Å². The van der Waals surface area contributed by atoms with Gasteiger partial charge in [0.1, 0.15) is 0 Å². The molecule has 0 atom stereocenters. The molecule has 1 heterocycles. The Kier molecular flexibility index (Phi) is 6.56. The molecule has 2 aromatic carbocycles. The Hall–Kier alpha value is -2.71. The van der Waals surface area contributed by atoms with E-state index in [4.69, 9.17) is 25.5 Å². The molecular formula is C18H16ClN3O4S. The molecule has 0 aliphatic heterocycles. The molecular weight excluding hydrogens is 390 g/mol. The Balaban J connectivity index is 1.49. The van der Waals surface area contributed by atoms with E-state index in [1.165, 1.54) is 0 Å². The number of benzene rings is 2. The van der Waals surface area contributed by atoms with Crippen LogP contribution in [-0.4, -0.2) is 29.0 Å². The monoisotopic (exact) mass is 405 g/mol. The van der Waals surface area contributed by atoms with Gasteiger partial charge in [0.15, 0.2) is 18.1 Å². The SMILES string of the molecule is COc1ccccc1OCc1nnc(SCC(=O)Nc2ccccc2Cl)o1. The zero-order valence-corrected chi connectivity index (χ0v) is 15.9. The lowest BCUT2D eigenvalue weighted by Crippen LogP contribution is -2.14. The topological polar surface area (TPSA) is 86.5 Å². The van der Waals surface area contributed by atoms with E-state index in [1.807, 2.05) is 12.1 Å².